The maximum Gasteiger partial charge on any atom is 0.181 e. The van der Waals surface area contributed by atoms with Crippen LogP contribution in [0.4, 0.5) is 0 Å². The Balaban J connectivity index is 2.71. The molecule has 0 aromatic carbocycles. The van der Waals surface area contributed by atoms with Crippen molar-refractivity contribution >= 4 is 5.78 Å². The molecule has 3 nitrogen and oxygen atoms in total. The third-order valence-corrected chi connectivity index (χ3v) is 2.62. The molecule has 1 fully saturated rings. The number of Topliss-reactive ketones (excluding diaryl/α,β-unsaturated/α-hetero) is 1. The smallest absolute Gasteiger partial charge is 0.181 e. The first-order chi connectivity index (χ1) is 6.14. The van der Waals surface area contributed by atoms with E-state index in [1.807, 2.05) is 13.0 Å². The summed E-state index contributed by atoms with van der Waals surface area (Å²) in [5.74, 6) is -0.543. The molecule has 0 aromatic rings. The van der Waals surface area contributed by atoms with Crippen molar-refractivity contribution in [1.82, 2.24) is 0 Å². The second kappa shape index (κ2) is 3.89. The highest BCUT2D eigenvalue weighted by Crippen LogP contribution is 2.29. The summed E-state index contributed by atoms with van der Waals surface area (Å²) in [4.78, 5) is 11.8. The molecule has 0 aliphatic carbocycles. The molecule has 2 atom stereocenters. The Labute approximate surface area is 78.7 Å². The minimum absolute atomic E-state index is 0.0463. The van der Waals surface area contributed by atoms with Gasteiger partial charge >= 0.3 is 0 Å². The Hall–Kier alpha value is -0.880. The van der Waals surface area contributed by atoms with E-state index in [4.69, 9.17) is 10.00 Å². The molecule has 0 saturated carbocycles. The largest absolute Gasteiger partial charge is 0.367 e. The molecule has 1 heterocycles. The highest BCUT2D eigenvalue weighted by Gasteiger charge is 2.40. The lowest BCUT2D eigenvalue weighted by Crippen LogP contribution is -2.38. The van der Waals surface area contributed by atoms with Crippen molar-refractivity contribution in [1.29, 1.82) is 5.26 Å². The molecule has 0 spiro atoms. The molecular formula is C10H15NO2. The van der Waals surface area contributed by atoms with Gasteiger partial charge in [0.1, 0.15) is 11.5 Å². The molecular weight excluding hydrogens is 166 g/mol. The van der Waals surface area contributed by atoms with Gasteiger partial charge in [0.05, 0.1) is 6.07 Å². The van der Waals surface area contributed by atoms with Gasteiger partial charge in [-0.3, -0.25) is 4.79 Å². The molecule has 1 saturated heterocycles. The van der Waals surface area contributed by atoms with E-state index < -0.39 is 11.5 Å². The lowest BCUT2D eigenvalue weighted by molar-refractivity contribution is -0.139. The van der Waals surface area contributed by atoms with Gasteiger partial charge in [-0.2, -0.15) is 5.26 Å². The lowest BCUT2D eigenvalue weighted by atomic mass is 9.87. The molecule has 72 valence electrons. The molecule has 0 N–H and O–H groups in total. The Kier molecular flexibility index (Phi) is 3.05. The first-order valence-electron chi connectivity index (χ1n) is 4.72. The van der Waals surface area contributed by atoms with E-state index in [1.54, 1.807) is 6.92 Å². The molecule has 0 aromatic heterocycles. The predicted octanol–water partition coefficient (Wildman–Crippen LogP) is 1.67. The molecule has 0 radical (unpaired) electrons. The van der Waals surface area contributed by atoms with Crippen LogP contribution in [0.25, 0.3) is 0 Å². The van der Waals surface area contributed by atoms with Gasteiger partial charge in [-0.25, -0.2) is 0 Å². The second-order valence-corrected chi connectivity index (χ2v) is 3.64. The monoisotopic (exact) mass is 181 g/mol. The van der Waals surface area contributed by atoms with Crippen molar-refractivity contribution in [2.24, 2.45) is 5.92 Å². The van der Waals surface area contributed by atoms with E-state index in [1.165, 1.54) is 0 Å². The van der Waals surface area contributed by atoms with Crippen molar-refractivity contribution in [3.05, 3.63) is 0 Å². The summed E-state index contributed by atoms with van der Waals surface area (Å²) in [5.41, 5.74) is -0.684. The van der Waals surface area contributed by atoms with Crippen LogP contribution in [0.15, 0.2) is 0 Å². The standard InChI is InChI=1S/C10H15NO2/c1-3-8(7-11)9(12)10(2)5-4-6-13-10/h8H,3-6H2,1-2H3. The SMILES string of the molecule is CCC(C#N)C(=O)C1(C)CCCO1. The van der Waals surface area contributed by atoms with Crippen molar-refractivity contribution in [2.45, 2.75) is 38.7 Å². The molecule has 0 amide bonds. The average Bonchev–Trinajstić information content (AvgIpc) is 2.55. The number of hydrogen-bond acceptors (Lipinski definition) is 3. The Morgan fingerprint density at radius 2 is 2.46 bits per heavy atom. The number of nitriles is 1. The van der Waals surface area contributed by atoms with E-state index in [2.05, 4.69) is 0 Å². The van der Waals surface area contributed by atoms with Crippen LogP contribution >= 0.6 is 0 Å². The van der Waals surface area contributed by atoms with Gasteiger partial charge in [0.15, 0.2) is 5.78 Å². The van der Waals surface area contributed by atoms with E-state index in [0.29, 0.717) is 13.0 Å². The fourth-order valence-electron chi connectivity index (χ4n) is 1.68. The van der Waals surface area contributed by atoms with E-state index in [9.17, 15) is 4.79 Å². The summed E-state index contributed by atoms with van der Waals surface area (Å²) in [5, 5.41) is 8.74. The van der Waals surface area contributed by atoms with E-state index >= 15 is 0 Å². The number of ketones is 1. The fourth-order valence-corrected chi connectivity index (χ4v) is 1.68. The maximum absolute atomic E-state index is 11.8. The van der Waals surface area contributed by atoms with E-state index in [-0.39, 0.29) is 5.78 Å². The normalized spacial score (nSPS) is 29.6. The van der Waals surface area contributed by atoms with Crippen molar-refractivity contribution < 1.29 is 9.53 Å². The predicted molar refractivity (Wildman–Crippen MR) is 48.0 cm³/mol. The van der Waals surface area contributed by atoms with Gasteiger partial charge in [0, 0.05) is 6.61 Å². The van der Waals surface area contributed by atoms with Crippen LogP contribution in [0.2, 0.25) is 0 Å². The summed E-state index contributed by atoms with van der Waals surface area (Å²) < 4.78 is 5.39. The van der Waals surface area contributed by atoms with Gasteiger partial charge in [-0.1, -0.05) is 6.92 Å². The fraction of sp³-hybridized carbons (Fsp3) is 0.800. The zero-order chi connectivity index (χ0) is 9.90. The first kappa shape index (κ1) is 10.2. The van der Waals surface area contributed by atoms with Gasteiger partial charge in [-0.15, -0.1) is 0 Å². The molecule has 1 aliphatic heterocycles. The summed E-state index contributed by atoms with van der Waals surface area (Å²) in [6.45, 7) is 4.29. The number of carbonyl (C=O) groups is 1. The van der Waals surface area contributed by atoms with Gasteiger partial charge < -0.3 is 4.74 Å². The highest BCUT2D eigenvalue weighted by molar-refractivity contribution is 5.91. The van der Waals surface area contributed by atoms with Crippen LogP contribution in [-0.4, -0.2) is 18.0 Å². The second-order valence-electron chi connectivity index (χ2n) is 3.64. The topological polar surface area (TPSA) is 50.1 Å². The van der Waals surface area contributed by atoms with E-state index in [0.717, 1.165) is 12.8 Å². The lowest BCUT2D eigenvalue weighted by Gasteiger charge is -2.23. The first-order valence-corrected chi connectivity index (χ1v) is 4.72. The molecule has 13 heavy (non-hydrogen) atoms. The number of hydrogen-bond donors (Lipinski definition) is 0. The third-order valence-electron chi connectivity index (χ3n) is 2.62. The summed E-state index contributed by atoms with van der Waals surface area (Å²) >= 11 is 0. The zero-order valence-corrected chi connectivity index (χ0v) is 8.17. The minimum atomic E-state index is -0.684. The van der Waals surface area contributed by atoms with Crippen molar-refractivity contribution in [2.75, 3.05) is 6.61 Å². The summed E-state index contributed by atoms with van der Waals surface area (Å²) in [6, 6.07) is 2.02. The molecule has 1 aliphatic rings. The van der Waals surface area contributed by atoms with Crippen LogP contribution in [0.5, 0.6) is 0 Å². The minimum Gasteiger partial charge on any atom is -0.367 e. The molecule has 3 heteroatoms. The maximum atomic E-state index is 11.8. The average molecular weight is 181 g/mol. The Morgan fingerprint density at radius 3 is 2.85 bits per heavy atom. The Bertz CT molecular complexity index is 236. The van der Waals surface area contributed by atoms with Gasteiger partial charge in [0.2, 0.25) is 0 Å². The number of carbonyl (C=O) groups excluding carboxylic acids is 1. The van der Waals surface area contributed by atoms with Crippen molar-refractivity contribution in [3.63, 3.8) is 0 Å². The zero-order valence-electron chi connectivity index (χ0n) is 8.17. The van der Waals surface area contributed by atoms with Crippen LogP contribution in [0.1, 0.15) is 33.1 Å². The molecule has 0 bridgehead atoms. The van der Waals surface area contributed by atoms with Gasteiger partial charge in [-0.05, 0) is 26.2 Å². The number of ether oxygens (including phenoxy) is 1. The number of rotatable bonds is 3. The highest BCUT2D eigenvalue weighted by atomic mass is 16.5. The van der Waals surface area contributed by atoms with Gasteiger partial charge in [0.25, 0.3) is 0 Å². The third kappa shape index (κ3) is 1.89. The van der Waals surface area contributed by atoms with Crippen LogP contribution in [0.3, 0.4) is 0 Å². The van der Waals surface area contributed by atoms with Crippen molar-refractivity contribution in [3.8, 4) is 6.07 Å². The number of nitrogens with zero attached hydrogens (tertiary/aromatic N) is 1. The Morgan fingerprint density at radius 1 is 1.77 bits per heavy atom. The quantitative estimate of drug-likeness (QED) is 0.665. The van der Waals surface area contributed by atoms with Crippen LogP contribution in [-0.2, 0) is 9.53 Å². The summed E-state index contributed by atoms with van der Waals surface area (Å²) in [7, 11) is 0. The molecule has 1 rings (SSSR count). The summed E-state index contributed by atoms with van der Waals surface area (Å²) in [6.07, 6.45) is 2.25. The molecule has 2 unspecified atom stereocenters. The van der Waals surface area contributed by atoms with Crippen LogP contribution in [0, 0.1) is 17.2 Å². The van der Waals surface area contributed by atoms with Crippen LogP contribution < -0.4 is 0 Å².